The number of ether oxygens (including phenoxy) is 1. The van der Waals surface area contributed by atoms with Gasteiger partial charge in [-0.15, -0.1) is 0 Å². The monoisotopic (exact) mass is 863 g/mol. The Labute approximate surface area is 391 Å². The Kier molecular flexibility index (Phi) is 9.39. The third-order valence-electron chi connectivity index (χ3n) is 17.9. The van der Waals surface area contributed by atoms with Crippen LogP contribution < -0.4 is 4.74 Å². The standard InChI is InChI=1S/C62H61N3O/c1-4-60(34-39(2)20-21-40(3)35-60)48-13-11-12-45(32-48)58-63-57(44-24-27-47(28-25-44)61-36-41-22-23-42(37-61)31-43(30-41)38-61)64-59(65-58)46-26-29-52-50(33-46)49-14-5-6-15-51(49)62(52)53-16-7-9-18-55(53)66-56-19-10-8-17-54(56)62/h5-19,24-29,32-33,39-43H,4,20-23,30-31,34-38H2,1-3H3/t39-,40?,41-,42?,43?,60?,61?/m1/s1. The molecule has 7 aromatic rings. The Balaban J connectivity index is 0.964. The molecule has 6 aliphatic carbocycles. The topological polar surface area (TPSA) is 47.9 Å². The van der Waals surface area contributed by atoms with Crippen molar-refractivity contribution in [2.75, 3.05) is 0 Å². The number of para-hydroxylation sites is 2. The van der Waals surface area contributed by atoms with Crippen LogP contribution in [0.15, 0.2) is 140 Å². The molecule has 66 heavy (non-hydrogen) atoms. The third-order valence-corrected chi connectivity index (χ3v) is 17.9. The van der Waals surface area contributed by atoms with Crippen molar-refractivity contribution in [1.29, 1.82) is 0 Å². The predicted octanol–water partition coefficient (Wildman–Crippen LogP) is 15.7. The quantitative estimate of drug-likeness (QED) is 0.156. The molecule has 14 rings (SSSR count). The van der Waals surface area contributed by atoms with Crippen LogP contribution in [0.5, 0.6) is 11.5 Å². The molecule has 4 heteroatoms. The minimum atomic E-state index is -0.522. The molecule has 4 bridgehead atoms. The van der Waals surface area contributed by atoms with Gasteiger partial charge in [-0.25, -0.2) is 15.0 Å². The van der Waals surface area contributed by atoms with Gasteiger partial charge in [0.25, 0.3) is 0 Å². The highest BCUT2D eigenvalue weighted by Crippen LogP contribution is 2.63. The summed E-state index contributed by atoms with van der Waals surface area (Å²) in [5, 5.41) is 0. The van der Waals surface area contributed by atoms with Gasteiger partial charge < -0.3 is 4.74 Å². The number of hydrogen-bond donors (Lipinski definition) is 0. The van der Waals surface area contributed by atoms with E-state index in [4.69, 9.17) is 19.7 Å². The molecule has 5 fully saturated rings. The fourth-order valence-corrected chi connectivity index (χ4v) is 15.2. The van der Waals surface area contributed by atoms with Crippen LogP contribution in [0.3, 0.4) is 0 Å². The fourth-order valence-electron chi connectivity index (χ4n) is 15.2. The van der Waals surface area contributed by atoms with Crippen molar-refractivity contribution >= 4 is 0 Å². The first-order chi connectivity index (χ1) is 32.3. The lowest BCUT2D eigenvalue weighted by Crippen LogP contribution is -2.40. The Morgan fingerprint density at radius 2 is 1.02 bits per heavy atom. The third kappa shape index (κ3) is 6.26. The average Bonchev–Trinajstić information content (AvgIpc) is 3.44. The van der Waals surface area contributed by atoms with Crippen molar-refractivity contribution in [3.05, 3.63) is 173 Å². The van der Waals surface area contributed by atoms with Crippen molar-refractivity contribution in [3.8, 4) is 56.8 Å². The number of rotatable bonds is 6. The Bertz CT molecular complexity index is 2950. The van der Waals surface area contributed by atoms with Gasteiger partial charge in [0.05, 0.1) is 5.41 Å². The molecule has 1 aromatic heterocycles. The van der Waals surface area contributed by atoms with Crippen LogP contribution >= 0.6 is 0 Å². The van der Waals surface area contributed by atoms with E-state index < -0.39 is 5.41 Å². The van der Waals surface area contributed by atoms with E-state index in [2.05, 4.69) is 160 Å². The van der Waals surface area contributed by atoms with Crippen molar-refractivity contribution < 1.29 is 4.74 Å². The maximum atomic E-state index is 6.62. The molecule has 1 aliphatic heterocycles. The second-order valence-electron chi connectivity index (χ2n) is 22.0. The van der Waals surface area contributed by atoms with Gasteiger partial charge in [0.1, 0.15) is 11.5 Å². The zero-order valence-electron chi connectivity index (χ0n) is 38.9. The zero-order chi connectivity index (χ0) is 44.2. The number of hydrogen-bond acceptors (Lipinski definition) is 4. The number of fused-ring (bicyclic) bond motifs is 10. The number of benzene rings is 6. The van der Waals surface area contributed by atoms with Crippen molar-refractivity contribution in [2.24, 2.45) is 29.6 Å². The second kappa shape index (κ2) is 15.3. The van der Waals surface area contributed by atoms with Gasteiger partial charge >= 0.3 is 0 Å². The highest BCUT2D eigenvalue weighted by atomic mass is 16.5. The molecule has 6 aromatic carbocycles. The molecule has 0 N–H and O–H groups in total. The number of aromatic nitrogens is 3. The smallest absolute Gasteiger partial charge is 0.164 e. The van der Waals surface area contributed by atoms with Gasteiger partial charge in [0.2, 0.25) is 0 Å². The van der Waals surface area contributed by atoms with Crippen molar-refractivity contribution in [3.63, 3.8) is 0 Å². The lowest BCUT2D eigenvalue weighted by atomic mass is 9.56. The molecule has 0 saturated heterocycles. The molecule has 330 valence electrons. The molecule has 5 saturated carbocycles. The first-order valence-electron chi connectivity index (χ1n) is 25.4. The number of nitrogens with zero attached hydrogens (tertiary/aromatic N) is 3. The first kappa shape index (κ1) is 40.4. The van der Waals surface area contributed by atoms with Gasteiger partial charge in [-0.2, -0.15) is 0 Å². The Hall–Kier alpha value is -5.87. The van der Waals surface area contributed by atoms with E-state index in [-0.39, 0.29) is 5.41 Å². The van der Waals surface area contributed by atoms with E-state index in [1.165, 1.54) is 115 Å². The van der Waals surface area contributed by atoms with E-state index >= 15 is 0 Å². The Morgan fingerprint density at radius 1 is 0.470 bits per heavy atom. The van der Waals surface area contributed by atoms with Crippen LogP contribution in [-0.4, -0.2) is 15.0 Å². The summed E-state index contributed by atoms with van der Waals surface area (Å²) in [7, 11) is 0. The molecule has 2 heterocycles. The second-order valence-corrected chi connectivity index (χ2v) is 22.0. The molecular formula is C62H61N3O. The van der Waals surface area contributed by atoms with E-state index in [0.717, 1.165) is 64.0 Å². The van der Waals surface area contributed by atoms with Gasteiger partial charge in [-0.05, 0) is 149 Å². The lowest BCUT2D eigenvalue weighted by molar-refractivity contribution is 0.0984. The summed E-state index contributed by atoms with van der Waals surface area (Å²) in [4.78, 5) is 16.3. The summed E-state index contributed by atoms with van der Waals surface area (Å²) in [6.07, 6.45) is 16.0. The SMILES string of the molecule is CCC1(c2cccc(-c3nc(-c4ccc(C56CC7CC[C@H](CC(C7)C5)C6)cc4)nc(-c4ccc5c(c4)-c4ccccc4C54c5ccccc5Oc5ccccc54)n3)c2)CC(C)CC[C@@H](C)C1. The fraction of sp³-hybridized carbons (Fsp3) is 0.371. The van der Waals surface area contributed by atoms with Crippen LogP contribution in [0.25, 0.3) is 45.3 Å². The molecule has 1 spiro atoms. The Morgan fingerprint density at radius 3 is 1.67 bits per heavy atom. The average molecular weight is 864 g/mol. The summed E-state index contributed by atoms with van der Waals surface area (Å²) < 4.78 is 6.62. The van der Waals surface area contributed by atoms with Crippen LogP contribution in [0, 0.1) is 29.6 Å². The highest BCUT2D eigenvalue weighted by molar-refractivity contribution is 5.90. The van der Waals surface area contributed by atoms with Gasteiger partial charge in [-0.3, -0.25) is 0 Å². The lowest BCUT2D eigenvalue weighted by Gasteiger charge is -2.49. The maximum absolute atomic E-state index is 6.62. The molecular weight excluding hydrogens is 803 g/mol. The summed E-state index contributed by atoms with van der Waals surface area (Å²) >= 11 is 0. The summed E-state index contributed by atoms with van der Waals surface area (Å²) in [5.74, 6) is 8.07. The molecule has 7 atom stereocenters. The van der Waals surface area contributed by atoms with E-state index in [1.807, 2.05) is 0 Å². The molecule has 7 aliphatic rings. The van der Waals surface area contributed by atoms with E-state index in [0.29, 0.717) is 23.1 Å². The largest absolute Gasteiger partial charge is 0.457 e. The summed E-state index contributed by atoms with van der Waals surface area (Å²) in [5.41, 5.74) is 13.3. The normalized spacial score (nSPS) is 27.5. The highest BCUT2D eigenvalue weighted by Gasteiger charge is 2.52. The van der Waals surface area contributed by atoms with Crippen LogP contribution in [-0.2, 0) is 16.2 Å². The molecule has 0 radical (unpaired) electrons. The van der Waals surface area contributed by atoms with Crippen molar-refractivity contribution in [1.82, 2.24) is 15.0 Å². The van der Waals surface area contributed by atoms with Gasteiger partial charge in [-0.1, -0.05) is 162 Å². The van der Waals surface area contributed by atoms with E-state index in [9.17, 15) is 0 Å². The van der Waals surface area contributed by atoms with Gasteiger partial charge in [0.15, 0.2) is 17.5 Å². The van der Waals surface area contributed by atoms with Crippen LogP contribution in [0.1, 0.15) is 131 Å². The van der Waals surface area contributed by atoms with Crippen molar-refractivity contribution in [2.45, 2.75) is 114 Å². The first-order valence-corrected chi connectivity index (χ1v) is 25.4. The minimum absolute atomic E-state index is 0.140. The maximum Gasteiger partial charge on any atom is 0.164 e. The molecule has 5 unspecified atom stereocenters. The summed E-state index contributed by atoms with van der Waals surface area (Å²) in [6, 6.07) is 51.9. The molecule has 4 nitrogen and oxygen atoms in total. The van der Waals surface area contributed by atoms with Gasteiger partial charge in [0, 0.05) is 27.8 Å². The predicted molar refractivity (Wildman–Crippen MR) is 267 cm³/mol. The van der Waals surface area contributed by atoms with Crippen LogP contribution in [0.2, 0.25) is 0 Å². The van der Waals surface area contributed by atoms with E-state index in [1.54, 1.807) is 0 Å². The summed E-state index contributed by atoms with van der Waals surface area (Å²) in [6.45, 7) is 7.33. The van der Waals surface area contributed by atoms with Crippen LogP contribution in [0.4, 0.5) is 0 Å². The zero-order valence-corrected chi connectivity index (χ0v) is 38.9. The molecule has 0 amide bonds. The minimum Gasteiger partial charge on any atom is -0.457 e.